The number of ether oxygens (including phenoxy) is 3. The maximum absolute atomic E-state index is 12.5. The number of nitrogens with one attached hydrogen (secondary N) is 2. The van der Waals surface area contributed by atoms with Gasteiger partial charge in [0.05, 0.1) is 32.7 Å². The van der Waals surface area contributed by atoms with Gasteiger partial charge >= 0.3 is 0 Å². The van der Waals surface area contributed by atoms with E-state index < -0.39 is 5.91 Å². The van der Waals surface area contributed by atoms with Crippen LogP contribution in [-0.4, -0.2) is 37.4 Å². The Labute approximate surface area is 168 Å². The van der Waals surface area contributed by atoms with E-state index in [0.29, 0.717) is 28.8 Å². The van der Waals surface area contributed by atoms with E-state index in [0.717, 1.165) is 11.3 Å². The van der Waals surface area contributed by atoms with Gasteiger partial charge in [0.15, 0.2) is 11.5 Å². The van der Waals surface area contributed by atoms with Gasteiger partial charge in [-0.2, -0.15) is 0 Å². The Bertz CT molecular complexity index is 1010. The summed E-state index contributed by atoms with van der Waals surface area (Å²) in [5.41, 5.74) is 2.52. The molecule has 8 heteroatoms. The summed E-state index contributed by atoms with van der Waals surface area (Å²) in [6.07, 6.45) is 0. The summed E-state index contributed by atoms with van der Waals surface area (Å²) in [6, 6.07) is 14.1. The topological polar surface area (TPSA) is 94.6 Å². The lowest BCUT2D eigenvalue weighted by molar-refractivity contribution is 0.102. The van der Waals surface area contributed by atoms with Crippen molar-refractivity contribution in [3.8, 4) is 17.2 Å². The Morgan fingerprint density at radius 3 is 2.28 bits per heavy atom. The second-order valence-corrected chi connectivity index (χ2v) is 6.15. The number of hydrogen-bond acceptors (Lipinski definition) is 7. The molecule has 0 saturated carbocycles. The maximum Gasteiger partial charge on any atom is 0.276 e. The first-order valence-corrected chi connectivity index (χ1v) is 8.83. The van der Waals surface area contributed by atoms with Crippen LogP contribution in [0.25, 0.3) is 0 Å². The van der Waals surface area contributed by atoms with Crippen LogP contribution in [-0.2, 0) is 0 Å². The number of methoxy groups -OCH3 is 3. The number of hydrogen-bond donors (Lipinski definition) is 2. The number of aryl methyl sites for hydroxylation is 1. The molecule has 8 nitrogen and oxygen atoms in total. The number of aromatic nitrogens is 2. The van der Waals surface area contributed by atoms with E-state index in [2.05, 4.69) is 20.8 Å². The highest BCUT2D eigenvalue weighted by molar-refractivity contribution is 6.03. The monoisotopic (exact) mass is 394 g/mol. The van der Waals surface area contributed by atoms with Crippen LogP contribution in [0.4, 0.5) is 17.2 Å². The fourth-order valence-electron chi connectivity index (χ4n) is 2.67. The maximum atomic E-state index is 12.5. The number of anilines is 3. The third-order valence-electron chi connectivity index (χ3n) is 4.17. The summed E-state index contributed by atoms with van der Waals surface area (Å²) < 4.78 is 15.8. The average Bonchev–Trinajstić information content (AvgIpc) is 2.74. The van der Waals surface area contributed by atoms with Gasteiger partial charge in [-0.05, 0) is 48.9 Å². The summed E-state index contributed by atoms with van der Waals surface area (Å²) in [5, 5.41) is 14.0. The number of amides is 1. The summed E-state index contributed by atoms with van der Waals surface area (Å²) >= 11 is 0. The predicted molar refractivity (Wildman–Crippen MR) is 111 cm³/mol. The summed E-state index contributed by atoms with van der Waals surface area (Å²) in [7, 11) is 4.68. The van der Waals surface area contributed by atoms with Crippen LogP contribution in [0.5, 0.6) is 17.2 Å². The van der Waals surface area contributed by atoms with Crippen LogP contribution in [0.1, 0.15) is 16.1 Å². The fourth-order valence-corrected chi connectivity index (χ4v) is 2.67. The smallest absolute Gasteiger partial charge is 0.276 e. The van der Waals surface area contributed by atoms with E-state index in [1.54, 1.807) is 44.6 Å². The highest BCUT2D eigenvalue weighted by atomic mass is 16.5. The van der Waals surface area contributed by atoms with Crippen LogP contribution in [0.15, 0.2) is 48.5 Å². The van der Waals surface area contributed by atoms with Crippen molar-refractivity contribution in [2.75, 3.05) is 32.0 Å². The molecule has 0 atom stereocenters. The molecular weight excluding hydrogens is 372 g/mol. The van der Waals surface area contributed by atoms with Crippen LogP contribution < -0.4 is 24.8 Å². The summed E-state index contributed by atoms with van der Waals surface area (Å²) in [4.78, 5) is 12.5. The van der Waals surface area contributed by atoms with Crippen LogP contribution >= 0.6 is 0 Å². The second kappa shape index (κ2) is 8.92. The SMILES string of the molecule is COc1ccc(NC(=O)c2ccc(Nc3cc(C)ccc3OC)nn2)c(OC)c1. The molecule has 3 rings (SSSR count). The average molecular weight is 394 g/mol. The molecular formula is C21H22N4O4. The summed E-state index contributed by atoms with van der Waals surface area (Å²) in [5.74, 6) is 1.89. The molecule has 2 N–H and O–H groups in total. The molecule has 0 aliphatic rings. The van der Waals surface area contributed by atoms with Crippen molar-refractivity contribution in [2.45, 2.75) is 6.92 Å². The Kier molecular flexibility index (Phi) is 6.13. The number of carbonyl (C=O) groups excluding carboxylic acids is 1. The Morgan fingerprint density at radius 1 is 0.828 bits per heavy atom. The van der Waals surface area contributed by atoms with Gasteiger partial charge in [0.25, 0.3) is 5.91 Å². The zero-order chi connectivity index (χ0) is 20.8. The van der Waals surface area contributed by atoms with Crippen molar-refractivity contribution in [3.05, 3.63) is 59.8 Å². The quantitative estimate of drug-likeness (QED) is 0.629. The molecule has 0 unspecified atom stereocenters. The van der Waals surface area contributed by atoms with Crippen LogP contribution in [0.3, 0.4) is 0 Å². The van der Waals surface area contributed by atoms with Crippen molar-refractivity contribution < 1.29 is 19.0 Å². The molecule has 0 aliphatic heterocycles. The molecule has 1 amide bonds. The van der Waals surface area contributed by atoms with Gasteiger partial charge in [0.2, 0.25) is 0 Å². The fraction of sp³-hybridized carbons (Fsp3) is 0.190. The zero-order valence-corrected chi connectivity index (χ0v) is 16.6. The summed E-state index contributed by atoms with van der Waals surface area (Å²) in [6.45, 7) is 1.98. The van der Waals surface area contributed by atoms with Crippen molar-refractivity contribution in [2.24, 2.45) is 0 Å². The highest BCUT2D eigenvalue weighted by Gasteiger charge is 2.13. The number of nitrogens with zero attached hydrogens (tertiary/aromatic N) is 2. The molecule has 150 valence electrons. The van der Waals surface area contributed by atoms with E-state index in [-0.39, 0.29) is 5.69 Å². The normalized spacial score (nSPS) is 10.2. The minimum atomic E-state index is -0.402. The number of rotatable bonds is 7. The van der Waals surface area contributed by atoms with Crippen molar-refractivity contribution in [3.63, 3.8) is 0 Å². The molecule has 29 heavy (non-hydrogen) atoms. The first-order valence-electron chi connectivity index (χ1n) is 8.83. The Hall–Kier alpha value is -3.81. The van der Waals surface area contributed by atoms with Gasteiger partial charge < -0.3 is 24.8 Å². The molecule has 0 fully saturated rings. The molecule has 1 heterocycles. The third-order valence-corrected chi connectivity index (χ3v) is 4.17. The van der Waals surface area contributed by atoms with Crippen LogP contribution in [0, 0.1) is 6.92 Å². The number of carbonyl (C=O) groups is 1. The molecule has 0 saturated heterocycles. The van der Waals surface area contributed by atoms with Gasteiger partial charge in [0.1, 0.15) is 17.2 Å². The number of benzene rings is 2. The molecule has 0 spiro atoms. The minimum Gasteiger partial charge on any atom is -0.497 e. The molecule has 0 radical (unpaired) electrons. The largest absolute Gasteiger partial charge is 0.497 e. The standard InChI is InChI=1S/C21H22N4O4/c1-13-5-9-18(28-3)17(11-13)22-20-10-8-16(24-25-20)21(26)23-15-7-6-14(27-2)12-19(15)29-4/h5-12H,1-4H3,(H,22,25)(H,23,26). The van der Waals surface area contributed by atoms with E-state index >= 15 is 0 Å². The highest BCUT2D eigenvalue weighted by Crippen LogP contribution is 2.30. The second-order valence-electron chi connectivity index (χ2n) is 6.15. The van der Waals surface area contributed by atoms with E-state index in [1.807, 2.05) is 25.1 Å². The minimum absolute atomic E-state index is 0.171. The van der Waals surface area contributed by atoms with E-state index in [9.17, 15) is 4.79 Å². The van der Waals surface area contributed by atoms with E-state index in [4.69, 9.17) is 14.2 Å². The van der Waals surface area contributed by atoms with Crippen LogP contribution in [0.2, 0.25) is 0 Å². The molecule has 1 aromatic heterocycles. The van der Waals surface area contributed by atoms with Crippen molar-refractivity contribution in [1.29, 1.82) is 0 Å². The molecule has 0 bridgehead atoms. The lowest BCUT2D eigenvalue weighted by Crippen LogP contribution is -2.15. The third kappa shape index (κ3) is 4.73. The van der Waals surface area contributed by atoms with E-state index in [1.165, 1.54) is 7.11 Å². The molecule has 2 aromatic carbocycles. The Morgan fingerprint density at radius 2 is 1.62 bits per heavy atom. The predicted octanol–water partition coefficient (Wildman–Crippen LogP) is 3.81. The van der Waals surface area contributed by atoms with Gasteiger partial charge in [0, 0.05) is 6.07 Å². The van der Waals surface area contributed by atoms with Gasteiger partial charge in [-0.15, -0.1) is 10.2 Å². The lowest BCUT2D eigenvalue weighted by Gasteiger charge is -2.12. The van der Waals surface area contributed by atoms with Gasteiger partial charge in [-0.25, -0.2) is 0 Å². The zero-order valence-electron chi connectivity index (χ0n) is 16.6. The van der Waals surface area contributed by atoms with Gasteiger partial charge in [-0.1, -0.05) is 6.07 Å². The first-order chi connectivity index (χ1) is 14.0. The first kappa shape index (κ1) is 19.9. The lowest BCUT2D eigenvalue weighted by atomic mass is 10.2. The molecule has 0 aliphatic carbocycles. The Balaban J connectivity index is 1.73. The molecule has 3 aromatic rings. The van der Waals surface area contributed by atoms with Crippen molar-refractivity contribution >= 4 is 23.1 Å². The van der Waals surface area contributed by atoms with Gasteiger partial charge in [-0.3, -0.25) is 4.79 Å². The van der Waals surface area contributed by atoms with Crippen molar-refractivity contribution in [1.82, 2.24) is 10.2 Å².